The maximum Gasteiger partial charge on any atom is 0.404 e. The molecule has 4 heteroatoms. The first-order chi connectivity index (χ1) is 6.20. The Morgan fingerprint density at radius 1 is 1.54 bits per heavy atom. The summed E-state index contributed by atoms with van der Waals surface area (Å²) >= 11 is 0. The lowest BCUT2D eigenvalue weighted by atomic mass is 9.97. The Bertz CT molecular complexity index is 139. The zero-order valence-electron chi connectivity index (χ0n) is 8.16. The quantitative estimate of drug-likeness (QED) is 0.633. The average molecular weight is 189 g/mol. The van der Waals surface area contributed by atoms with Crippen molar-refractivity contribution in [3.8, 4) is 0 Å². The number of nitrogens with two attached hydrogens (primary N) is 1. The number of hydrogen-bond acceptors (Lipinski definition) is 3. The van der Waals surface area contributed by atoms with E-state index in [0.717, 1.165) is 25.7 Å². The monoisotopic (exact) mass is 189 g/mol. The van der Waals surface area contributed by atoms with E-state index < -0.39 is 6.09 Å². The molecule has 0 saturated heterocycles. The highest BCUT2D eigenvalue weighted by atomic mass is 16.5. The Kier molecular flexibility index (Phi) is 7.39. The maximum atomic E-state index is 10.2. The predicted octanol–water partition coefficient (Wildman–Crippen LogP) is 1.27. The van der Waals surface area contributed by atoms with Crippen LogP contribution in [0.15, 0.2) is 0 Å². The van der Waals surface area contributed by atoms with E-state index in [2.05, 4.69) is 11.7 Å². The van der Waals surface area contributed by atoms with Crippen LogP contribution in [0.4, 0.5) is 4.79 Å². The van der Waals surface area contributed by atoms with Crippen LogP contribution in [0.5, 0.6) is 0 Å². The largest absolute Gasteiger partial charge is 0.450 e. The summed E-state index contributed by atoms with van der Waals surface area (Å²) in [6, 6.07) is 0. The number of primary amides is 1. The molecule has 1 amide bonds. The molecule has 0 radical (unpaired) electrons. The molecule has 0 bridgehead atoms. The van der Waals surface area contributed by atoms with E-state index in [1.807, 2.05) is 0 Å². The smallest absolute Gasteiger partial charge is 0.404 e. The molecule has 0 unspecified atom stereocenters. The highest BCUT2D eigenvalue weighted by Gasteiger charge is 2.06. The molecule has 0 aromatic rings. The van der Waals surface area contributed by atoms with Gasteiger partial charge < -0.3 is 15.6 Å². The Morgan fingerprint density at radius 3 is 2.69 bits per heavy atom. The Labute approximate surface area is 79.1 Å². The third-order valence-corrected chi connectivity index (χ3v) is 2.12. The third-order valence-electron chi connectivity index (χ3n) is 2.12. The van der Waals surface area contributed by atoms with Gasteiger partial charge in [-0.2, -0.15) is 0 Å². The molecule has 1 atom stereocenters. The molecule has 0 aromatic carbocycles. The van der Waals surface area contributed by atoms with Crippen LogP contribution >= 0.6 is 0 Å². The van der Waals surface area contributed by atoms with Crippen LogP contribution in [-0.4, -0.2) is 24.4 Å². The molecule has 0 spiro atoms. The lowest BCUT2D eigenvalue weighted by molar-refractivity contribution is 0.146. The SMILES string of the molecule is CC[C@H](CCCO)CCOC(N)=O. The second-order valence-corrected chi connectivity index (χ2v) is 3.10. The zero-order chi connectivity index (χ0) is 10.1. The van der Waals surface area contributed by atoms with Gasteiger partial charge in [0.2, 0.25) is 0 Å². The molecule has 13 heavy (non-hydrogen) atoms. The van der Waals surface area contributed by atoms with Crippen LogP contribution < -0.4 is 5.73 Å². The molecule has 0 aromatic heterocycles. The van der Waals surface area contributed by atoms with Gasteiger partial charge in [-0.15, -0.1) is 0 Å². The van der Waals surface area contributed by atoms with Gasteiger partial charge in [-0.25, -0.2) is 4.79 Å². The lowest BCUT2D eigenvalue weighted by Gasteiger charge is -2.13. The topological polar surface area (TPSA) is 72.6 Å². The number of aliphatic hydroxyl groups is 1. The van der Waals surface area contributed by atoms with E-state index in [1.165, 1.54) is 0 Å². The highest BCUT2D eigenvalue weighted by molar-refractivity contribution is 5.64. The first kappa shape index (κ1) is 12.2. The first-order valence-electron chi connectivity index (χ1n) is 4.73. The van der Waals surface area contributed by atoms with Crippen molar-refractivity contribution in [3.63, 3.8) is 0 Å². The Hall–Kier alpha value is -0.770. The summed E-state index contributed by atoms with van der Waals surface area (Å²) in [5.74, 6) is 0.520. The van der Waals surface area contributed by atoms with E-state index in [1.54, 1.807) is 0 Å². The van der Waals surface area contributed by atoms with Crippen molar-refractivity contribution in [3.05, 3.63) is 0 Å². The molecule has 0 aliphatic carbocycles. The van der Waals surface area contributed by atoms with Crippen molar-refractivity contribution >= 4 is 6.09 Å². The van der Waals surface area contributed by atoms with E-state index in [4.69, 9.17) is 10.8 Å². The molecule has 0 aliphatic rings. The van der Waals surface area contributed by atoms with Crippen molar-refractivity contribution in [2.75, 3.05) is 13.2 Å². The van der Waals surface area contributed by atoms with Crippen molar-refractivity contribution in [1.29, 1.82) is 0 Å². The lowest BCUT2D eigenvalue weighted by Crippen LogP contribution is -2.15. The van der Waals surface area contributed by atoms with Crippen molar-refractivity contribution in [1.82, 2.24) is 0 Å². The molecule has 0 saturated carbocycles. The van der Waals surface area contributed by atoms with Crippen LogP contribution in [0.1, 0.15) is 32.6 Å². The Balaban J connectivity index is 3.41. The summed E-state index contributed by atoms with van der Waals surface area (Å²) in [4.78, 5) is 10.2. The number of carbonyl (C=O) groups excluding carboxylic acids is 1. The molecule has 0 fully saturated rings. The molecule has 0 rings (SSSR count). The van der Waals surface area contributed by atoms with Gasteiger partial charge in [-0.1, -0.05) is 13.3 Å². The molecule has 78 valence electrons. The predicted molar refractivity (Wildman–Crippen MR) is 50.3 cm³/mol. The summed E-state index contributed by atoms with van der Waals surface area (Å²) < 4.78 is 4.63. The summed E-state index contributed by atoms with van der Waals surface area (Å²) in [5, 5.41) is 8.62. The minimum absolute atomic E-state index is 0.229. The number of ether oxygens (including phenoxy) is 1. The van der Waals surface area contributed by atoms with Gasteiger partial charge in [0.05, 0.1) is 6.61 Å². The van der Waals surface area contributed by atoms with Gasteiger partial charge in [0.25, 0.3) is 0 Å². The summed E-state index contributed by atoms with van der Waals surface area (Å²) in [6.07, 6.45) is 2.96. The molecule has 4 nitrogen and oxygen atoms in total. The average Bonchev–Trinajstić information content (AvgIpc) is 2.10. The van der Waals surface area contributed by atoms with Crippen LogP contribution in [0, 0.1) is 5.92 Å². The van der Waals surface area contributed by atoms with Gasteiger partial charge in [0, 0.05) is 6.61 Å². The second-order valence-electron chi connectivity index (χ2n) is 3.10. The minimum atomic E-state index is -0.711. The number of rotatable bonds is 7. The maximum absolute atomic E-state index is 10.2. The zero-order valence-corrected chi connectivity index (χ0v) is 8.16. The number of amides is 1. The molecular weight excluding hydrogens is 170 g/mol. The second kappa shape index (κ2) is 7.86. The third kappa shape index (κ3) is 7.59. The summed E-state index contributed by atoms with van der Waals surface area (Å²) in [5.41, 5.74) is 4.82. The van der Waals surface area contributed by atoms with Gasteiger partial charge in [-0.3, -0.25) is 0 Å². The standard InChI is InChI=1S/C9H19NO3/c1-2-8(4-3-6-11)5-7-13-9(10)12/h8,11H,2-7H2,1H3,(H2,10,12)/t8-/m1/s1. The van der Waals surface area contributed by atoms with E-state index in [9.17, 15) is 4.79 Å². The van der Waals surface area contributed by atoms with Crippen molar-refractivity contribution < 1.29 is 14.6 Å². The van der Waals surface area contributed by atoms with Crippen LogP contribution in [-0.2, 0) is 4.74 Å². The number of hydrogen-bond donors (Lipinski definition) is 2. The fourth-order valence-electron chi connectivity index (χ4n) is 1.26. The molecule has 0 heterocycles. The van der Waals surface area contributed by atoms with Crippen LogP contribution in [0.3, 0.4) is 0 Å². The van der Waals surface area contributed by atoms with E-state index in [0.29, 0.717) is 12.5 Å². The van der Waals surface area contributed by atoms with Crippen LogP contribution in [0.25, 0.3) is 0 Å². The Morgan fingerprint density at radius 2 is 2.23 bits per heavy atom. The molecular formula is C9H19NO3. The normalized spacial score (nSPS) is 12.5. The summed E-state index contributed by atoms with van der Waals surface area (Å²) in [6.45, 7) is 2.71. The molecule has 3 N–H and O–H groups in total. The van der Waals surface area contributed by atoms with Gasteiger partial charge in [0.15, 0.2) is 0 Å². The first-order valence-corrected chi connectivity index (χ1v) is 4.73. The van der Waals surface area contributed by atoms with Gasteiger partial charge >= 0.3 is 6.09 Å². The van der Waals surface area contributed by atoms with Gasteiger partial charge in [-0.05, 0) is 25.2 Å². The van der Waals surface area contributed by atoms with Crippen molar-refractivity contribution in [2.45, 2.75) is 32.6 Å². The highest BCUT2D eigenvalue weighted by Crippen LogP contribution is 2.14. The van der Waals surface area contributed by atoms with E-state index in [-0.39, 0.29) is 6.61 Å². The van der Waals surface area contributed by atoms with Crippen molar-refractivity contribution in [2.24, 2.45) is 11.7 Å². The fourth-order valence-corrected chi connectivity index (χ4v) is 1.26. The van der Waals surface area contributed by atoms with E-state index >= 15 is 0 Å². The minimum Gasteiger partial charge on any atom is -0.450 e. The van der Waals surface area contributed by atoms with Gasteiger partial charge in [0.1, 0.15) is 0 Å². The fraction of sp³-hybridized carbons (Fsp3) is 0.889. The van der Waals surface area contributed by atoms with Crippen LogP contribution in [0.2, 0.25) is 0 Å². The molecule has 0 aliphatic heterocycles. The number of aliphatic hydroxyl groups excluding tert-OH is 1. The number of carbonyl (C=O) groups is 1. The summed E-state index contributed by atoms with van der Waals surface area (Å²) in [7, 11) is 0.